The Balaban J connectivity index is 2.04. The summed E-state index contributed by atoms with van der Waals surface area (Å²) in [6, 6.07) is 14.0. The second-order valence-electron chi connectivity index (χ2n) is 5.99. The second-order valence-corrected chi connectivity index (χ2v) is 5.99. The summed E-state index contributed by atoms with van der Waals surface area (Å²) in [6.07, 6.45) is -8.76. The monoisotopic (exact) mass is 367 g/mol. The number of benzene rings is 2. The minimum Gasteiger partial charge on any atom is -0.445 e. The van der Waals surface area contributed by atoms with Gasteiger partial charge in [-0.1, -0.05) is 60.2 Å². The standard InChI is InChI=1S/C19H20F3NO3/c1-13-6-5-9-15(10-13)11-16(17(24)19(20,21)22)23-18(25)26-12-14-7-3-2-4-8-14/h2-10,16-17,24H,11-12H2,1H3,(H,23,25). The molecule has 7 heteroatoms. The highest BCUT2D eigenvalue weighted by Gasteiger charge is 2.44. The van der Waals surface area contributed by atoms with Crippen LogP contribution in [0.4, 0.5) is 18.0 Å². The third-order valence-corrected chi connectivity index (χ3v) is 3.77. The van der Waals surface area contributed by atoms with Gasteiger partial charge in [0.25, 0.3) is 0 Å². The molecule has 26 heavy (non-hydrogen) atoms. The van der Waals surface area contributed by atoms with Crippen LogP contribution in [-0.4, -0.2) is 29.5 Å². The van der Waals surface area contributed by atoms with E-state index in [1.807, 2.05) is 0 Å². The van der Waals surface area contributed by atoms with E-state index in [0.29, 0.717) is 11.1 Å². The number of carbonyl (C=O) groups excluding carboxylic acids is 1. The fraction of sp³-hybridized carbons (Fsp3) is 0.316. The van der Waals surface area contributed by atoms with E-state index in [1.54, 1.807) is 61.5 Å². The Morgan fingerprint density at radius 1 is 1.12 bits per heavy atom. The number of alkyl carbamates (subject to hydrolysis) is 1. The zero-order valence-corrected chi connectivity index (χ0v) is 14.2. The highest BCUT2D eigenvalue weighted by molar-refractivity contribution is 5.67. The number of aliphatic hydroxyl groups is 1. The van der Waals surface area contributed by atoms with Crippen LogP contribution in [-0.2, 0) is 17.8 Å². The van der Waals surface area contributed by atoms with Gasteiger partial charge in [0.05, 0.1) is 6.04 Å². The number of hydrogen-bond donors (Lipinski definition) is 2. The molecule has 4 nitrogen and oxygen atoms in total. The Labute approximate surface area is 149 Å². The van der Waals surface area contributed by atoms with E-state index in [4.69, 9.17) is 4.74 Å². The van der Waals surface area contributed by atoms with Crippen LogP contribution >= 0.6 is 0 Å². The molecule has 2 N–H and O–H groups in total. The third-order valence-electron chi connectivity index (χ3n) is 3.77. The smallest absolute Gasteiger partial charge is 0.416 e. The first-order valence-electron chi connectivity index (χ1n) is 8.03. The number of carbonyl (C=O) groups is 1. The molecule has 2 aromatic rings. The fourth-order valence-electron chi connectivity index (χ4n) is 2.48. The number of aryl methyl sites for hydroxylation is 1. The highest BCUT2D eigenvalue weighted by Crippen LogP contribution is 2.24. The molecular formula is C19H20F3NO3. The van der Waals surface area contributed by atoms with Crippen LogP contribution in [0.3, 0.4) is 0 Å². The molecule has 0 spiro atoms. The van der Waals surface area contributed by atoms with Crippen molar-refractivity contribution in [1.29, 1.82) is 0 Å². The fourth-order valence-corrected chi connectivity index (χ4v) is 2.48. The van der Waals surface area contributed by atoms with Gasteiger partial charge in [-0.25, -0.2) is 4.79 Å². The lowest BCUT2D eigenvalue weighted by molar-refractivity contribution is -0.211. The van der Waals surface area contributed by atoms with E-state index in [9.17, 15) is 23.1 Å². The van der Waals surface area contributed by atoms with Crippen molar-refractivity contribution in [3.05, 3.63) is 71.3 Å². The molecule has 2 aromatic carbocycles. The molecule has 2 rings (SSSR count). The maximum absolute atomic E-state index is 12.9. The van der Waals surface area contributed by atoms with Crippen molar-refractivity contribution < 1.29 is 27.8 Å². The molecule has 140 valence electrons. The predicted octanol–water partition coefficient (Wildman–Crippen LogP) is 3.76. The maximum atomic E-state index is 12.9. The van der Waals surface area contributed by atoms with Gasteiger partial charge in [-0.3, -0.25) is 0 Å². The van der Waals surface area contributed by atoms with Crippen LogP contribution in [0.15, 0.2) is 54.6 Å². The Morgan fingerprint density at radius 3 is 2.38 bits per heavy atom. The van der Waals surface area contributed by atoms with Crippen molar-refractivity contribution in [2.75, 3.05) is 0 Å². The topological polar surface area (TPSA) is 58.6 Å². The third kappa shape index (κ3) is 6.07. The number of hydrogen-bond acceptors (Lipinski definition) is 3. The Bertz CT molecular complexity index is 719. The van der Waals surface area contributed by atoms with Gasteiger partial charge in [-0.05, 0) is 24.5 Å². The van der Waals surface area contributed by atoms with Crippen molar-refractivity contribution in [3.63, 3.8) is 0 Å². The number of alkyl halides is 3. The van der Waals surface area contributed by atoms with E-state index in [0.717, 1.165) is 5.56 Å². The van der Waals surface area contributed by atoms with Gasteiger partial charge in [-0.2, -0.15) is 13.2 Å². The number of amides is 1. The summed E-state index contributed by atoms with van der Waals surface area (Å²) in [5.41, 5.74) is 2.14. The van der Waals surface area contributed by atoms with Crippen LogP contribution in [0.5, 0.6) is 0 Å². The van der Waals surface area contributed by atoms with Crippen LogP contribution in [0.25, 0.3) is 0 Å². The van der Waals surface area contributed by atoms with E-state index >= 15 is 0 Å². The lowest BCUT2D eigenvalue weighted by atomic mass is 9.99. The maximum Gasteiger partial charge on any atom is 0.416 e. The summed E-state index contributed by atoms with van der Waals surface area (Å²) in [5.74, 6) is 0. The average Bonchev–Trinajstić information content (AvgIpc) is 2.59. The van der Waals surface area contributed by atoms with Gasteiger partial charge in [-0.15, -0.1) is 0 Å². The summed E-state index contributed by atoms with van der Waals surface area (Å²) >= 11 is 0. The van der Waals surface area contributed by atoms with Crippen molar-refractivity contribution >= 4 is 6.09 Å². The first kappa shape index (κ1) is 19.8. The Hall–Kier alpha value is -2.54. The van der Waals surface area contributed by atoms with Gasteiger partial charge in [0.15, 0.2) is 6.10 Å². The number of ether oxygens (including phenoxy) is 1. The molecule has 2 atom stereocenters. The number of nitrogens with one attached hydrogen (secondary N) is 1. The average molecular weight is 367 g/mol. The molecule has 0 fully saturated rings. The summed E-state index contributed by atoms with van der Waals surface area (Å²) in [5, 5.41) is 11.7. The van der Waals surface area contributed by atoms with Gasteiger partial charge >= 0.3 is 12.3 Å². The van der Waals surface area contributed by atoms with Crippen LogP contribution in [0.2, 0.25) is 0 Å². The van der Waals surface area contributed by atoms with Crippen molar-refractivity contribution in [2.24, 2.45) is 0 Å². The van der Waals surface area contributed by atoms with Crippen molar-refractivity contribution in [3.8, 4) is 0 Å². The molecule has 0 saturated carbocycles. The quantitative estimate of drug-likeness (QED) is 0.817. The van der Waals surface area contributed by atoms with Gasteiger partial charge in [0, 0.05) is 0 Å². The zero-order valence-electron chi connectivity index (χ0n) is 14.2. The van der Waals surface area contributed by atoms with Crippen LogP contribution < -0.4 is 5.32 Å². The van der Waals surface area contributed by atoms with Crippen molar-refractivity contribution in [1.82, 2.24) is 5.32 Å². The largest absolute Gasteiger partial charge is 0.445 e. The van der Waals surface area contributed by atoms with Gasteiger partial charge < -0.3 is 15.2 Å². The lowest BCUT2D eigenvalue weighted by Crippen LogP contribution is -2.51. The Morgan fingerprint density at radius 2 is 1.77 bits per heavy atom. The molecule has 0 aliphatic rings. The number of aliphatic hydroxyl groups excluding tert-OH is 1. The highest BCUT2D eigenvalue weighted by atomic mass is 19.4. The molecule has 0 saturated heterocycles. The van der Waals surface area contributed by atoms with Crippen molar-refractivity contribution in [2.45, 2.75) is 38.3 Å². The van der Waals surface area contributed by atoms with Gasteiger partial charge in [0.1, 0.15) is 6.61 Å². The molecule has 0 heterocycles. The first-order valence-corrected chi connectivity index (χ1v) is 8.03. The van der Waals surface area contributed by atoms with E-state index in [-0.39, 0.29) is 13.0 Å². The minimum absolute atomic E-state index is 0.0774. The summed E-state index contributed by atoms with van der Waals surface area (Å²) < 4.78 is 43.8. The van der Waals surface area contributed by atoms with E-state index in [2.05, 4.69) is 5.32 Å². The van der Waals surface area contributed by atoms with E-state index in [1.165, 1.54) is 0 Å². The predicted molar refractivity (Wildman–Crippen MR) is 90.5 cm³/mol. The molecule has 2 unspecified atom stereocenters. The van der Waals surface area contributed by atoms with Crippen LogP contribution in [0.1, 0.15) is 16.7 Å². The summed E-state index contributed by atoms with van der Waals surface area (Å²) in [4.78, 5) is 11.9. The molecule has 1 amide bonds. The SMILES string of the molecule is Cc1cccc(CC(NC(=O)OCc2ccccc2)C(O)C(F)(F)F)c1. The first-order chi connectivity index (χ1) is 12.3. The second kappa shape index (κ2) is 8.71. The van der Waals surface area contributed by atoms with Crippen LogP contribution in [0, 0.1) is 6.92 Å². The molecule has 0 bridgehead atoms. The molecule has 0 aliphatic carbocycles. The molecule has 0 aliphatic heterocycles. The summed E-state index contributed by atoms with van der Waals surface area (Å²) in [7, 11) is 0. The zero-order chi connectivity index (χ0) is 19.2. The van der Waals surface area contributed by atoms with E-state index < -0.39 is 24.4 Å². The summed E-state index contributed by atoms with van der Waals surface area (Å²) in [6.45, 7) is 1.73. The molecular weight excluding hydrogens is 347 g/mol. The number of halogens is 3. The Kier molecular flexibility index (Phi) is 6.63. The van der Waals surface area contributed by atoms with Gasteiger partial charge in [0.2, 0.25) is 0 Å². The molecule has 0 aromatic heterocycles. The molecule has 0 radical (unpaired) electrons. The minimum atomic E-state index is -4.86. The number of rotatable bonds is 6. The lowest BCUT2D eigenvalue weighted by Gasteiger charge is -2.25. The normalized spacial score (nSPS) is 13.7.